The Balaban J connectivity index is 2.62. The number of hydrogen-bond acceptors (Lipinski definition) is 4. The van der Waals surface area contributed by atoms with E-state index in [4.69, 9.17) is 4.74 Å². The lowest BCUT2D eigenvalue weighted by Crippen LogP contribution is -2.43. The number of aromatic nitrogens is 1. The van der Waals surface area contributed by atoms with Gasteiger partial charge in [0.05, 0.1) is 12.6 Å². The van der Waals surface area contributed by atoms with E-state index in [2.05, 4.69) is 47.6 Å². The van der Waals surface area contributed by atoms with Gasteiger partial charge in [-0.3, -0.25) is 0 Å². The molecule has 0 unspecified atom stereocenters. The normalized spacial score (nSPS) is 12.4. The summed E-state index contributed by atoms with van der Waals surface area (Å²) in [5.74, 6) is 1.48. The molecule has 0 spiro atoms. The summed E-state index contributed by atoms with van der Waals surface area (Å²) in [6, 6.07) is 3.89. The van der Waals surface area contributed by atoms with Gasteiger partial charge in [0.15, 0.2) is 5.96 Å². The van der Waals surface area contributed by atoms with E-state index in [0.717, 1.165) is 24.6 Å². The zero-order valence-corrected chi connectivity index (χ0v) is 16.0. The van der Waals surface area contributed by atoms with Crippen LogP contribution in [-0.4, -0.2) is 41.1 Å². The van der Waals surface area contributed by atoms with E-state index < -0.39 is 0 Å². The minimum absolute atomic E-state index is 0.135. The van der Waals surface area contributed by atoms with Crippen LogP contribution in [0.3, 0.4) is 0 Å². The Morgan fingerprint density at radius 3 is 2.61 bits per heavy atom. The van der Waals surface area contributed by atoms with Gasteiger partial charge in [0, 0.05) is 30.1 Å². The van der Waals surface area contributed by atoms with Crippen molar-refractivity contribution in [1.82, 2.24) is 15.6 Å². The second kappa shape index (κ2) is 9.65. The van der Waals surface area contributed by atoms with Crippen molar-refractivity contribution in [2.24, 2.45) is 4.99 Å². The van der Waals surface area contributed by atoms with Crippen molar-refractivity contribution >= 4 is 17.7 Å². The van der Waals surface area contributed by atoms with Crippen LogP contribution < -0.4 is 15.4 Å². The molecule has 1 aromatic heterocycles. The highest BCUT2D eigenvalue weighted by atomic mass is 32.2. The molecule has 0 aliphatic heterocycles. The quantitative estimate of drug-likeness (QED) is 0.563. The van der Waals surface area contributed by atoms with Gasteiger partial charge in [0.1, 0.15) is 0 Å². The number of hydrogen-bond donors (Lipinski definition) is 2. The molecule has 0 radical (unpaired) electrons. The predicted molar refractivity (Wildman–Crippen MR) is 100 cm³/mol. The third-order valence-electron chi connectivity index (χ3n) is 3.15. The van der Waals surface area contributed by atoms with Gasteiger partial charge >= 0.3 is 0 Å². The Morgan fingerprint density at radius 1 is 1.35 bits per heavy atom. The second-order valence-electron chi connectivity index (χ2n) is 6.18. The standard InChI is InChI=1S/C17H30N4OS/c1-7-18-16(21-12-17(4,5)23-6)20-11-14-8-9-15(19-10-14)22-13(2)3/h8-10,13H,7,11-12H2,1-6H3,(H2,18,20,21). The zero-order valence-electron chi connectivity index (χ0n) is 15.1. The molecule has 1 aromatic rings. The number of aliphatic imine (C=N–C) groups is 1. The van der Waals surface area contributed by atoms with Crippen LogP contribution in [-0.2, 0) is 6.54 Å². The Kier molecular flexibility index (Phi) is 8.23. The van der Waals surface area contributed by atoms with E-state index in [0.29, 0.717) is 12.4 Å². The molecule has 0 fully saturated rings. The summed E-state index contributed by atoms with van der Waals surface area (Å²) in [5.41, 5.74) is 1.06. The number of ether oxygens (including phenoxy) is 1. The smallest absolute Gasteiger partial charge is 0.213 e. The van der Waals surface area contributed by atoms with E-state index in [9.17, 15) is 0 Å². The number of guanidine groups is 1. The maximum absolute atomic E-state index is 5.55. The SMILES string of the molecule is CCNC(=NCc1ccc(OC(C)C)nc1)NCC(C)(C)SC. The third-order valence-corrected chi connectivity index (χ3v) is 4.40. The number of nitrogens with zero attached hydrogens (tertiary/aromatic N) is 2. The molecule has 0 aliphatic carbocycles. The number of rotatable bonds is 8. The van der Waals surface area contributed by atoms with Crippen LogP contribution in [0.4, 0.5) is 0 Å². The first kappa shape index (κ1) is 19.6. The van der Waals surface area contributed by atoms with Gasteiger partial charge in [-0.05, 0) is 46.4 Å². The van der Waals surface area contributed by atoms with Gasteiger partial charge in [-0.2, -0.15) is 11.8 Å². The van der Waals surface area contributed by atoms with Crippen LogP contribution in [0.1, 0.15) is 40.2 Å². The minimum atomic E-state index is 0.135. The van der Waals surface area contributed by atoms with E-state index >= 15 is 0 Å². The molecule has 1 rings (SSSR count). The summed E-state index contributed by atoms with van der Waals surface area (Å²) in [4.78, 5) is 8.92. The lowest BCUT2D eigenvalue weighted by molar-refractivity contribution is 0.232. The Morgan fingerprint density at radius 2 is 2.09 bits per heavy atom. The molecule has 0 saturated heterocycles. The van der Waals surface area contributed by atoms with Crippen LogP contribution in [0, 0.1) is 0 Å². The first-order chi connectivity index (χ1) is 10.9. The molecule has 1 heterocycles. The van der Waals surface area contributed by atoms with Gasteiger partial charge in [-0.15, -0.1) is 0 Å². The van der Waals surface area contributed by atoms with Crippen LogP contribution in [0.15, 0.2) is 23.3 Å². The van der Waals surface area contributed by atoms with Gasteiger partial charge < -0.3 is 15.4 Å². The van der Waals surface area contributed by atoms with Crippen molar-refractivity contribution in [2.45, 2.75) is 52.0 Å². The summed E-state index contributed by atoms with van der Waals surface area (Å²) in [6.45, 7) is 12.8. The van der Waals surface area contributed by atoms with Gasteiger partial charge in [-0.1, -0.05) is 6.07 Å². The molecule has 0 aliphatic rings. The molecular weight excluding hydrogens is 308 g/mol. The summed E-state index contributed by atoms with van der Waals surface area (Å²) in [5, 5.41) is 6.66. The molecule has 6 heteroatoms. The van der Waals surface area contributed by atoms with Gasteiger partial charge in [0.2, 0.25) is 5.88 Å². The fourth-order valence-electron chi connectivity index (χ4n) is 1.70. The molecule has 0 aromatic carbocycles. The van der Waals surface area contributed by atoms with Crippen LogP contribution in [0.2, 0.25) is 0 Å². The van der Waals surface area contributed by atoms with Crippen LogP contribution >= 0.6 is 11.8 Å². The maximum atomic E-state index is 5.55. The molecule has 0 atom stereocenters. The van der Waals surface area contributed by atoms with Gasteiger partial charge in [0.25, 0.3) is 0 Å². The zero-order chi connectivity index (χ0) is 17.3. The number of pyridine rings is 1. The summed E-state index contributed by atoms with van der Waals surface area (Å²) in [6.07, 6.45) is 4.07. The molecular formula is C17H30N4OS. The highest BCUT2D eigenvalue weighted by molar-refractivity contribution is 7.99. The minimum Gasteiger partial charge on any atom is -0.475 e. The van der Waals surface area contributed by atoms with Gasteiger partial charge in [-0.25, -0.2) is 9.98 Å². The number of nitrogens with one attached hydrogen (secondary N) is 2. The lowest BCUT2D eigenvalue weighted by Gasteiger charge is -2.23. The molecule has 2 N–H and O–H groups in total. The third kappa shape index (κ3) is 8.11. The molecule has 0 amide bonds. The predicted octanol–water partition coefficient (Wildman–Crippen LogP) is 3.07. The fourth-order valence-corrected chi connectivity index (χ4v) is 1.91. The highest BCUT2D eigenvalue weighted by Crippen LogP contribution is 2.19. The fraction of sp³-hybridized carbons (Fsp3) is 0.647. The second-order valence-corrected chi connectivity index (χ2v) is 7.70. The summed E-state index contributed by atoms with van der Waals surface area (Å²) >= 11 is 1.84. The Bertz CT molecular complexity index is 486. The Labute approximate surface area is 144 Å². The largest absolute Gasteiger partial charge is 0.475 e. The topological polar surface area (TPSA) is 58.5 Å². The average Bonchev–Trinajstić information content (AvgIpc) is 2.51. The Hall–Kier alpha value is -1.43. The monoisotopic (exact) mass is 338 g/mol. The van der Waals surface area contributed by atoms with Crippen molar-refractivity contribution in [2.75, 3.05) is 19.3 Å². The van der Waals surface area contributed by atoms with Crippen molar-refractivity contribution in [3.63, 3.8) is 0 Å². The molecule has 0 saturated carbocycles. The molecule has 5 nitrogen and oxygen atoms in total. The molecule has 0 bridgehead atoms. The summed E-state index contributed by atoms with van der Waals surface area (Å²) < 4.78 is 5.72. The van der Waals surface area contributed by atoms with Crippen molar-refractivity contribution in [1.29, 1.82) is 0 Å². The lowest BCUT2D eigenvalue weighted by atomic mass is 10.2. The van der Waals surface area contributed by atoms with E-state index in [1.54, 1.807) is 0 Å². The molecule has 23 heavy (non-hydrogen) atoms. The highest BCUT2D eigenvalue weighted by Gasteiger charge is 2.16. The first-order valence-electron chi connectivity index (χ1n) is 8.05. The van der Waals surface area contributed by atoms with Crippen LogP contribution in [0.5, 0.6) is 5.88 Å². The average molecular weight is 339 g/mol. The van der Waals surface area contributed by atoms with E-state index in [-0.39, 0.29) is 10.9 Å². The molecule has 130 valence electrons. The van der Waals surface area contributed by atoms with Crippen LogP contribution in [0.25, 0.3) is 0 Å². The van der Waals surface area contributed by atoms with Crippen molar-refractivity contribution in [3.05, 3.63) is 23.9 Å². The maximum Gasteiger partial charge on any atom is 0.213 e. The van der Waals surface area contributed by atoms with Crippen molar-refractivity contribution in [3.8, 4) is 5.88 Å². The van der Waals surface area contributed by atoms with Crippen molar-refractivity contribution < 1.29 is 4.74 Å². The number of thioether (sulfide) groups is 1. The first-order valence-corrected chi connectivity index (χ1v) is 9.27. The van der Waals surface area contributed by atoms with E-state index in [1.807, 2.05) is 43.9 Å². The summed E-state index contributed by atoms with van der Waals surface area (Å²) in [7, 11) is 0. The van der Waals surface area contributed by atoms with E-state index in [1.165, 1.54) is 0 Å².